The zero-order valence-corrected chi connectivity index (χ0v) is 8.35. The van der Waals surface area contributed by atoms with Crippen LogP contribution in [0.4, 0.5) is 0 Å². The number of rotatable bonds is 1. The molecular weight excluding hydrogens is 178 g/mol. The van der Waals surface area contributed by atoms with E-state index in [4.69, 9.17) is 15.7 Å². The molecule has 2 fully saturated rings. The van der Waals surface area contributed by atoms with Crippen molar-refractivity contribution in [3.63, 3.8) is 0 Å². The van der Waals surface area contributed by atoms with Gasteiger partial charge in [-0.3, -0.25) is 4.90 Å². The van der Waals surface area contributed by atoms with Gasteiger partial charge in [0.25, 0.3) is 0 Å². The Kier molecular flexibility index (Phi) is 3.02. The second kappa shape index (κ2) is 4.26. The number of ether oxygens (including phenoxy) is 1. The SMILES string of the molecule is N#CC1CN(C2CCCC2N)CCO1. The molecule has 0 spiro atoms. The monoisotopic (exact) mass is 195 g/mol. The van der Waals surface area contributed by atoms with E-state index in [2.05, 4.69) is 11.0 Å². The molecule has 1 saturated heterocycles. The highest BCUT2D eigenvalue weighted by molar-refractivity contribution is 4.95. The largest absolute Gasteiger partial charge is 0.361 e. The van der Waals surface area contributed by atoms with Gasteiger partial charge in [-0.1, -0.05) is 6.42 Å². The van der Waals surface area contributed by atoms with E-state index in [1.807, 2.05) is 0 Å². The molecule has 0 radical (unpaired) electrons. The number of nitrogens with two attached hydrogens (primary N) is 1. The molecule has 78 valence electrons. The molecule has 0 aromatic heterocycles. The second-order valence-corrected chi connectivity index (χ2v) is 4.15. The molecule has 3 atom stereocenters. The Labute approximate surface area is 84.6 Å². The van der Waals surface area contributed by atoms with E-state index in [9.17, 15) is 0 Å². The normalized spacial score (nSPS) is 39.6. The quantitative estimate of drug-likeness (QED) is 0.644. The average molecular weight is 195 g/mol. The summed E-state index contributed by atoms with van der Waals surface area (Å²) in [4.78, 5) is 2.33. The molecule has 2 N–H and O–H groups in total. The van der Waals surface area contributed by atoms with Crippen molar-refractivity contribution in [2.45, 2.75) is 37.5 Å². The van der Waals surface area contributed by atoms with Crippen LogP contribution in [-0.2, 0) is 4.74 Å². The van der Waals surface area contributed by atoms with Gasteiger partial charge in [0.15, 0.2) is 6.10 Å². The van der Waals surface area contributed by atoms with Crippen molar-refractivity contribution in [2.75, 3.05) is 19.7 Å². The number of hydrogen-bond acceptors (Lipinski definition) is 4. The van der Waals surface area contributed by atoms with Crippen molar-refractivity contribution in [3.8, 4) is 6.07 Å². The molecule has 3 unspecified atom stereocenters. The molecule has 0 bridgehead atoms. The molecule has 2 rings (SSSR count). The summed E-state index contributed by atoms with van der Waals surface area (Å²) < 4.78 is 5.31. The van der Waals surface area contributed by atoms with Gasteiger partial charge in [-0.15, -0.1) is 0 Å². The summed E-state index contributed by atoms with van der Waals surface area (Å²) in [5, 5.41) is 8.78. The highest BCUT2D eigenvalue weighted by Gasteiger charge is 2.32. The zero-order valence-electron chi connectivity index (χ0n) is 8.35. The first-order valence-corrected chi connectivity index (χ1v) is 5.32. The van der Waals surface area contributed by atoms with Crippen LogP contribution in [0.5, 0.6) is 0 Å². The predicted octanol–water partition coefficient (Wildman–Crippen LogP) is 0.0906. The van der Waals surface area contributed by atoms with E-state index in [0.717, 1.165) is 19.5 Å². The Morgan fingerprint density at radius 3 is 2.93 bits per heavy atom. The van der Waals surface area contributed by atoms with Crippen LogP contribution in [0, 0.1) is 11.3 Å². The fourth-order valence-electron chi connectivity index (χ4n) is 2.47. The molecular formula is C10H17N3O. The Morgan fingerprint density at radius 2 is 2.29 bits per heavy atom. The van der Waals surface area contributed by atoms with Crippen molar-refractivity contribution in [3.05, 3.63) is 0 Å². The van der Waals surface area contributed by atoms with Gasteiger partial charge in [0.05, 0.1) is 12.7 Å². The standard InChI is InChI=1S/C10H17N3O/c11-6-8-7-13(4-5-14-8)10-3-1-2-9(10)12/h8-10H,1-5,7,12H2. The first kappa shape index (κ1) is 9.91. The van der Waals surface area contributed by atoms with E-state index in [1.54, 1.807) is 0 Å². The van der Waals surface area contributed by atoms with Crippen molar-refractivity contribution >= 4 is 0 Å². The van der Waals surface area contributed by atoms with Crippen LogP contribution in [0.2, 0.25) is 0 Å². The molecule has 1 aliphatic carbocycles. The lowest BCUT2D eigenvalue weighted by Crippen LogP contribution is -2.51. The summed E-state index contributed by atoms with van der Waals surface area (Å²) >= 11 is 0. The van der Waals surface area contributed by atoms with Gasteiger partial charge < -0.3 is 10.5 Å². The minimum Gasteiger partial charge on any atom is -0.361 e. The van der Waals surface area contributed by atoms with Crippen LogP contribution in [-0.4, -0.2) is 42.8 Å². The van der Waals surface area contributed by atoms with Gasteiger partial charge in [-0.25, -0.2) is 0 Å². The lowest BCUT2D eigenvalue weighted by atomic mass is 10.1. The minimum absolute atomic E-state index is 0.253. The Morgan fingerprint density at radius 1 is 1.43 bits per heavy atom. The molecule has 4 nitrogen and oxygen atoms in total. The van der Waals surface area contributed by atoms with E-state index in [1.165, 1.54) is 12.8 Å². The van der Waals surface area contributed by atoms with E-state index in [-0.39, 0.29) is 6.10 Å². The fraction of sp³-hybridized carbons (Fsp3) is 0.900. The predicted molar refractivity (Wildman–Crippen MR) is 52.5 cm³/mol. The van der Waals surface area contributed by atoms with E-state index in [0.29, 0.717) is 18.7 Å². The highest BCUT2D eigenvalue weighted by atomic mass is 16.5. The minimum atomic E-state index is -0.253. The van der Waals surface area contributed by atoms with Gasteiger partial charge in [0, 0.05) is 25.2 Å². The molecule has 0 amide bonds. The molecule has 0 aromatic rings. The first-order chi connectivity index (χ1) is 6.81. The molecule has 0 aromatic carbocycles. The summed E-state index contributed by atoms with van der Waals surface area (Å²) in [6.07, 6.45) is 3.27. The number of nitrogens with zero attached hydrogens (tertiary/aromatic N) is 2. The van der Waals surface area contributed by atoms with Crippen molar-refractivity contribution < 1.29 is 4.74 Å². The Balaban J connectivity index is 1.94. The Bertz CT molecular complexity index is 238. The summed E-state index contributed by atoms with van der Waals surface area (Å²) in [5.41, 5.74) is 6.03. The summed E-state index contributed by atoms with van der Waals surface area (Å²) in [6, 6.07) is 2.95. The molecule has 1 aliphatic heterocycles. The highest BCUT2D eigenvalue weighted by Crippen LogP contribution is 2.24. The maximum Gasteiger partial charge on any atom is 0.156 e. The van der Waals surface area contributed by atoms with Crippen LogP contribution < -0.4 is 5.73 Å². The lowest BCUT2D eigenvalue weighted by Gasteiger charge is -2.36. The van der Waals surface area contributed by atoms with Crippen LogP contribution in [0.25, 0.3) is 0 Å². The maximum absolute atomic E-state index is 8.78. The third kappa shape index (κ3) is 1.90. The van der Waals surface area contributed by atoms with E-state index < -0.39 is 0 Å². The molecule has 1 heterocycles. The zero-order chi connectivity index (χ0) is 9.97. The number of nitriles is 1. The second-order valence-electron chi connectivity index (χ2n) is 4.15. The lowest BCUT2D eigenvalue weighted by molar-refractivity contribution is -0.0182. The van der Waals surface area contributed by atoms with Gasteiger partial charge in [0.2, 0.25) is 0 Å². The van der Waals surface area contributed by atoms with Crippen LogP contribution in [0.1, 0.15) is 19.3 Å². The maximum atomic E-state index is 8.78. The van der Waals surface area contributed by atoms with E-state index >= 15 is 0 Å². The van der Waals surface area contributed by atoms with Crippen molar-refractivity contribution in [2.24, 2.45) is 5.73 Å². The summed E-state index contributed by atoms with van der Waals surface area (Å²) in [7, 11) is 0. The van der Waals surface area contributed by atoms with Gasteiger partial charge in [0.1, 0.15) is 0 Å². The third-order valence-corrected chi connectivity index (χ3v) is 3.24. The van der Waals surface area contributed by atoms with Crippen LogP contribution in [0.15, 0.2) is 0 Å². The molecule has 1 saturated carbocycles. The first-order valence-electron chi connectivity index (χ1n) is 5.32. The fourth-order valence-corrected chi connectivity index (χ4v) is 2.47. The van der Waals surface area contributed by atoms with Gasteiger partial charge in [-0.2, -0.15) is 5.26 Å². The Hall–Kier alpha value is -0.630. The third-order valence-electron chi connectivity index (χ3n) is 3.24. The molecule has 14 heavy (non-hydrogen) atoms. The summed E-state index contributed by atoms with van der Waals surface area (Å²) in [6.45, 7) is 2.33. The van der Waals surface area contributed by atoms with Gasteiger partial charge >= 0.3 is 0 Å². The molecule has 4 heteroatoms. The topological polar surface area (TPSA) is 62.3 Å². The molecule has 2 aliphatic rings. The van der Waals surface area contributed by atoms with Crippen molar-refractivity contribution in [1.29, 1.82) is 5.26 Å². The smallest absolute Gasteiger partial charge is 0.156 e. The van der Waals surface area contributed by atoms with Gasteiger partial charge in [-0.05, 0) is 12.8 Å². The number of morpholine rings is 1. The summed E-state index contributed by atoms with van der Waals surface area (Å²) in [5.74, 6) is 0. The van der Waals surface area contributed by atoms with Crippen molar-refractivity contribution in [1.82, 2.24) is 4.90 Å². The average Bonchev–Trinajstić information content (AvgIpc) is 2.65. The van der Waals surface area contributed by atoms with Crippen LogP contribution in [0.3, 0.4) is 0 Å². The van der Waals surface area contributed by atoms with Crippen LogP contribution >= 0.6 is 0 Å². The number of hydrogen-bond donors (Lipinski definition) is 1.